The molecule has 1 aliphatic carbocycles. The van der Waals surface area contributed by atoms with Gasteiger partial charge < -0.3 is 4.98 Å². The van der Waals surface area contributed by atoms with Crippen molar-refractivity contribution in [3.63, 3.8) is 0 Å². The Hall–Kier alpha value is -1.68. The number of hydrogen-bond acceptors (Lipinski definition) is 2. The lowest BCUT2D eigenvalue weighted by atomic mass is 10.0. The molecule has 0 atom stereocenters. The molecule has 106 valence electrons. The summed E-state index contributed by atoms with van der Waals surface area (Å²) in [4.78, 5) is 19.7. The van der Waals surface area contributed by atoms with E-state index < -0.39 is 5.82 Å². The van der Waals surface area contributed by atoms with Crippen LogP contribution in [0.1, 0.15) is 40.4 Å². The summed E-state index contributed by atoms with van der Waals surface area (Å²) < 4.78 is 13.5. The minimum absolute atomic E-state index is 0. The summed E-state index contributed by atoms with van der Waals surface area (Å²) in [5.41, 5.74) is 2.35. The molecule has 1 aromatic carbocycles. The van der Waals surface area contributed by atoms with Crippen molar-refractivity contribution in [3.8, 4) is 0 Å². The minimum Gasteiger partial charge on any atom is -0.345 e. The molecule has 1 heterocycles. The molecule has 0 unspecified atom stereocenters. The van der Waals surface area contributed by atoms with Gasteiger partial charge in [0.15, 0.2) is 5.78 Å². The first kappa shape index (κ1) is 14.7. The number of nitrogens with zero attached hydrogens (tertiary/aromatic N) is 1. The molecule has 0 saturated heterocycles. The second-order valence-electron chi connectivity index (χ2n) is 4.90. The molecule has 1 aromatic heterocycles. The van der Waals surface area contributed by atoms with Crippen molar-refractivity contribution in [2.24, 2.45) is 0 Å². The highest BCUT2D eigenvalue weighted by Crippen LogP contribution is 2.19. The van der Waals surface area contributed by atoms with Crippen molar-refractivity contribution < 1.29 is 9.18 Å². The number of Topliss-reactive ketones (excluding diaryl/α,β-unsaturated/α-hetero) is 1. The number of imidazole rings is 1. The third kappa shape index (κ3) is 2.90. The smallest absolute Gasteiger partial charge is 0.173 e. The molecule has 0 radical (unpaired) electrons. The van der Waals surface area contributed by atoms with Gasteiger partial charge in [-0.1, -0.05) is 12.1 Å². The third-order valence-corrected chi connectivity index (χ3v) is 3.51. The van der Waals surface area contributed by atoms with Crippen molar-refractivity contribution in [3.05, 3.63) is 52.9 Å². The lowest BCUT2D eigenvalue weighted by Crippen LogP contribution is -2.07. The van der Waals surface area contributed by atoms with Crippen LogP contribution in [0.4, 0.5) is 4.39 Å². The zero-order valence-electron chi connectivity index (χ0n) is 11.0. The highest BCUT2D eigenvalue weighted by atomic mass is 35.5. The number of ketones is 1. The largest absolute Gasteiger partial charge is 0.345 e. The maximum absolute atomic E-state index is 13.5. The quantitative estimate of drug-likeness (QED) is 0.883. The average molecular weight is 295 g/mol. The van der Waals surface area contributed by atoms with Gasteiger partial charge in [-0.3, -0.25) is 4.79 Å². The van der Waals surface area contributed by atoms with Crippen LogP contribution < -0.4 is 0 Å². The van der Waals surface area contributed by atoms with E-state index in [1.807, 2.05) is 0 Å². The van der Waals surface area contributed by atoms with Gasteiger partial charge in [-0.15, -0.1) is 12.4 Å². The fraction of sp³-hybridized carbons (Fsp3) is 0.333. The van der Waals surface area contributed by atoms with Crippen molar-refractivity contribution >= 4 is 18.2 Å². The number of aromatic nitrogens is 2. The average Bonchev–Trinajstić information content (AvgIpc) is 2.81. The monoisotopic (exact) mass is 294 g/mol. The van der Waals surface area contributed by atoms with Crippen molar-refractivity contribution in [1.82, 2.24) is 9.97 Å². The molecule has 0 spiro atoms. The van der Waals surface area contributed by atoms with Crippen molar-refractivity contribution in [1.29, 1.82) is 0 Å². The number of hydrogen-bond donors (Lipinski definition) is 1. The van der Waals surface area contributed by atoms with E-state index >= 15 is 0 Å². The summed E-state index contributed by atoms with van der Waals surface area (Å²) in [7, 11) is 0. The number of H-pyrrole nitrogens is 1. The van der Waals surface area contributed by atoms with Gasteiger partial charge in [-0.25, -0.2) is 9.37 Å². The number of carbonyl (C=O) groups is 1. The second-order valence-corrected chi connectivity index (χ2v) is 4.90. The van der Waals surface area contributed by atoms with Crippen LogP contribution in [0.25, 0.3) is 0 Å². The van der Waals surface area contributed by atoms with Gasteiger partial charge in [0.1, 0.15) is 11.6 Å². The standard InChI is InChI=1S/C15H15FN2O.ClH/c16-11-6-2-1-5-10(11)14(19)9-15-17-12-7-3-4-8-13(12)18-15;/h1-2,5-6H,3-4,7-9H2,(H,17,18);1H. The topological polar surface area (TPSA) is 45.8 Å². The molecule has 0 saturated carbocycles. The normalized spacial score (nSPS) is 13.4. The van der Waals surface area contributed by atoms with E-state index in [4.69, 9.17) is 0 Å². The van der Waals surface area contributed by atoms with E-state index in [9.17, 15) is 9.18 Å². The molecular formula is C15H16ClFN2O. The molecule has 0 bridgehead atoms. The van der Waals surface area contributed by atoms with Crippen molar-refractivity contribution in [2.45, 2.75) is 32.1 Å². The van der Waals surface area contributed by atoms with E-state index in [0.29, 0.717) is 5.82 Å². The summed E-state index contributed by atoms with van der Waals surface area (Å²) in [6.45, 7) is 0. The highest BCUT2D eigenvalue weighted by Gasteiger charge is 2.17. The maximum atomic E-state index is 13.5. The first-order valence-corrected chi connectivity index (χ1v) is 6.58. The molecule has 0 amide bonds. The SMILES string of the molecule is Cl.O=C(Cc1nc2c([nH]1)CCCC2)c1ccccc1F. The summed E-state index contributed by atoms with van der Waals surface area (Å²) >= 11 is 0. The Kier molecular flexibility index (Phi) is 4.55. The van der Waals surface area contributed by atoms with Gasteiger partial charge >= 0.3 is 0 Å². The van der Waals surface area contributed by atoms with Gasteiger partial charge in [0, 0.05) is 5.69 Å². The molecule has 3 rings (SSSR count). The van der Waals surface area contributed by atoms with Gasteiger partial charge in [0.25, 0.3) is 0 Å². The Morgan fingerprint density at radius 2 is 2.00 bits per heavy atom. The third-order valence-electron chi connectivity index (χ3n) is 3.51. The highest BCUT2D eigenvalue weighted by molar-refractivity contribution is 5.97. The Bertz CT molecular complexity index is 601. The van der Waals surface area contributed by atoms with E-state index in [-0.39, 0.29) is 30.2 Å². The van der Waals surface area contributed by atoms with E-state index in [2.05, 4.69) is 9.97 Å². The number of halogens is 2. The molecule has 1 N–H and O–H groups in total. The van der Waals surface area contributed by atoms with E-state index in [1.165, 1.54) is 12.1 Å². The number of rotatable bonds is 3. The first-order valence-electron chi connectivity index (χ1n) is 6.58. The second kappa shape index (κ2) is 6.18. The zero-order valence-corrected chi connectivity index (χ0v) is 11.8. The Morgan fingerprint density at radius 1 is 1.25 bits per heavy atom. The summed E-state index contributed by atoms with van der Waals surface area (Å²) in [6, 6.07) is 6.07. The molecule has 2 aromatic rings. The Balaban J connectivity index is 0.00000147. The van der Waals surface area contributed by atoms with Crippen LogP contribution in [0.5, 0.6) is 0 Å². The summed E-state index contributed by atoms with van der Waals surface area (Å²) in [5, 5.41) is 0. The van der Waals surface area contributed by atoms with Crippen LogP contribution in [0.3, 0.4) is 0 Å². The van der Waals surface area contributed by atoms with Crippen LogP contribution in [0, 0.1) is 5.82 Å². The Labute approximate surface area is 123 Å². The number of carbonyl (C=O) groups excluding carboxylic acids is 1. The van der Waals surface area contributed by atoms with Gasteiger partial charge in [0.05, 0.1) is 17.7 Å². The van der Waals surface area contributed by atoms with Crippen LogP contribution >= 0.6 is 12.4 Å². The lowest BCUT2D eigenvalue weighted by Gasteiger charge is -2.07. The van der Waals surface area contributed by atoms with E-state index in [1.54, 1.807) is 12.1 Å². The minimum atomic E-state index is -0.469. The van der Waals surface area contributed by atoms with Crippen LogP contribution in [-0.2, 0) is 19.3 Å². The van der Waals surface area contributed by atoms with E-state index in [0.717, 1.165) is 37.1 Å². The number of aryl methyl sites for hydroxylation is 2. The number of aromatic amines is 1. The van der Waals surface area contributed by atoms with Crippen LogP contribution in [0.2, 0.25) is 0 Å². The molecule has 20 heavy (non-hydrogen) atoms. The van der Waals surface area contributed by atoms with Gasteiger partial charge in [0.2, 0.25) is 0 Å². The summed E-state index contributed by atoms with van der Waals surface area (Å²) in [5.74, 6) is -0.0480. The predicted octanol–water partition coefficient (Wildman–Crippen LogP) is 3.27. The molecule has 0 aliphatic heterocycles. The maximum Gasteiger partial charge on any atom is 0.173 e. The fourth-order valence-corrected chi connectivity index (χ4v) is 2.53. The molecule has 1 aliphatic rings. The number of benzene rings is 1. The lowest BCUT2D eigenvalue weighted by molar-refractivity contribution is 0.0987. The molecule has 5 heteroatoms. The van der Waals surface area contributed by atoms with Crippen molar-refractivity contribution in [2.75, 3.05) is 0 Å². The number of nitrogens with one attached hydrogen (secondary N) is 1. The first-order chi connectivity index (χ1) is 9.24. The predicted molar refractivity (Wildman–Crippen MR) is 76.9 cm³/mol. The number of fused-ring (bicyclic) bond motifs is 1. The van der Waals surface area contributed by atoms with Crippen LogP contribution in [-0.4, -0.2) is 15.8 Å². The fourth-order valence-electron chi connectivity index (χ4n) is 2.53. The van der Waals surface area contributed by atoms with Crippen LogP contribution in [0.15, 0.2) is 24.3 Å². The molecule has 0 fully saturated rings. The van der Waals surface area contributed by atoms with Gasteiger partial charge in [-0.2, -0.15) is 0 Å². The summed E-state index contributed by atoms with van der Waals surface area (Å²) in [6.07, 6.45) is 4.42. The molecular weight excluding hydrogens is 279 g/mol. The zero-order chi connectivity index (χ0) is 13.2. The van der Waals surface area contributed by atoms with Gasteiger partial charge in [-0.05, 0) is 37.8 Å². The Morgan fingerprint density at radius 3 is 2.75 bits per heavy atom. The molecule has 3 nitrogen and oxygen atoms in total.